The monoisotopic (exact) mass is 334 g/mol. The summed E-state index contributed by atoms with van der Waals surface area (Å²) in [5, 5.41) is 2.85. The Hall–Kier alpha value is -2.50. The molecule has 0 aliphatic carbocycles. The van der Waals surface area contributed by atoms with Crippen LogP contribution in [0.3, 0.4) is 0 Å². The largest absolute Gasteiger partial charge is 0.416 e. The van der Waals surface area contributed by atoms with E-state index in [1.54, 1.807) is 11.9 Å². The van der Waals surface area contributed by atoms with Gasteiger partial charge in [-0.05, 0) is 42.7 Å². The molecule has 0 saturated heterocycles. The number of nitrogens with zero attached hydrogens (tertiary/aromatic N) is 2. The van der Waals surface area contributed by atoms with Gasteiger partial charge in [0.05, 0.1) is 19.2 Å². The third kappa shape index (κ3) is 2.72. The van der Waals surface area contributed by atoms with Crippen LogP contribution in [0.5, 0.6) is 0 Å². The second kappa shape index (κ2) is 5.85. The average Bonchev–Trinajstić information content (AvgIpc) is 2.54. The maximum absolute atomic E-state index is 13.2. The number of alkyl halides is 3. The fourth-order valence-corrected chi connectivity index (χ4v) is 2.94. The fourth-order valence-electron chi connectivity index (χ4n) is 2.94. The van der Waals surface area contributed by atoms with Gasteiger partial charge in [0.25, 0.3) is 0 Å². The zero-order valence-corrected chi connectivity index (χ0v) is 13.6. The lowest BCUT2D eigenvalue weighted by atomic mass is 9.92. The molecule has 0 amide bonds. The number of aliphatic imine (C=N–C) groups is 1. The topological polar surface area (TPSA) is 27.6 Å². The van der Waals surface area contributed by atoms with Crippen molar-refractivity contribution in [1.82, 2.24) is 10.2 Å². The van der Waals surface area contributed by atoms with E-state index < -0.39 is 18.3 Å². The predicted molar refractivity (Wildman–Crippen MR) is 89.3 cm³/mol. The van der Waals surface area contributed by atoms with Crippen LogP contribution in [0.1, 0.15) is 18.1 Å². The third-order valence-corrected chi connectivity index (χ3v) is 4.08. The zero-order chi connectivity index (χ0) is 18.4. The van der Waals surface area contributed by atoms with Crippen LogP contribution in [0.2, 0.25) is 0 Å². The molecule has 2 aliphatic heterocycles. The minimum atomic E-state index is -4.45. The lowest BCUT2D eigenvalue weighted by Gasteiger charge is -2.33. The van der Waals surface area contributed by atoms with Crippen molar-refractivity contribution in [3.63, 3.8) is 0 Å². The number of guanidine groups is 1. The Morgan fingerprint density at radius 1 is 1.25 bits per heavy atom. The second-order valence-corrected chi connectivity index (χ2v) is 5.68. The highest BCUT2D eigenvalue weighted by Crippen LogP contribution is 2.37. The molecule has 0 saturated carbocycles. The van der Waals surface area contributed by atoms with E-state index in [9.17, 15) is 13.2 Å². The molecular formula is C18H18F3N3. The van der Waals surface area contributed by atoms with Crippen LogP contribution in [0.25, 0.3) is 5.57 Å². The van der Waals surface area contributed by atoms with Crippen LogP contribution in [-0.2, 0) is 0 Å². The van der Waals surface area contributed by atoms with Gasteiger partial charge >= 0.3 is 6.18 Å². The molecule has 0 fully saturated rings. The molecule has 1 aromatic carbocycles. The molecule has 3 nitrogen and oxygen atoms in total. The van der Waals surface area contributed by atoms with E-state index in [1.165, 1.54) is 6.20 Å². The highest BCUT2D eigenvalue weighted by Gasteiger charge is 2.36. The standard InChI is InChI=1S/C18H18F3N3/c1-11-5-4-6-12(2)16(11)14-10-23-17(22-3)24-8-7-13(9-15(14)24)18(19,20)21/h4-9H,10H2,1-3H3,(H,22,23)/i10D. The van der Waals surface area contributed by atoms with E-state index in [0.29, 0.717) is 17.2 Å². The van der Waals surface area contributed by atoms with Gasteiger partial charge in [-0.3, -0.25) is 4.90 Å². The normalized spacial score (nSPS) is 21.2. The highest BCUT2D eigenvalue weighted by molar-refractivity contribution is 5.91. The van der Waals surface area contributed by atoms with Crippen molar-refractivity contribution in [3.8, 4) is 0 Å². The average molecular weight is 334 g/mol. The maximum atomic E-state index is 13.2. The van der Waals surface area contributed by atoms with E-state index >= 15 is 0 Å². The molecule has 6 heteroatoms. The van der Waals surface area contributed by atoms with Gasteiger partial charge in [0.2, 0.25) is 5.96 Å². The van der Waals surface area contributed by atoms with Crippen LogP contribution in [0.4, 0.5) is 13.2 Å². The molecule has 1 N–H and O–H groups in total. The molecule has 1 aromatic rings. The molecule has 0 bridgehead atoms. The number of aryl methyl sites for hydroxylation is 2. The number of benzene rings is 1. The molecule has 126 valence electrons. The molecule has 2 aliphatic rings. The summed E-state index contributed by atoms with van der Waals surface area (Å²) in [6.07, 6.45) is -1.00. The second-order valence-electron chi connectivity index (χ2n) is 5.68. The van der Waals surface area contributed by atoms with Gasteiger partial charge in [0.15, 0.2) is 0 Å². The number of halogens is 3. The van der Waals surface area contributed by atoms with Crippen LogP contribution in [-0.4, -0.2) is 30.6 Å². The number of hydrogen-bond acceptors (Lipinski definition) is 3. The Morgan fingerprint density at radius 3 is 2.50 bits per heavy atom. The smallest absolute Gasteiger partial charge is 0.359 e. The van der Waals surface area contributed by atoms with Crippen LogP contribution in [0, 0.1) is 13.8 Å². The quantitative estimate of drug-likeness (QED) is 0.843. The Kier molecular flexibility index (Phi) is 3.67. The molecule has 1 atom stereocenters. The first-order valence-corrected chi connectivity index (χ1v) is 7.49. The first-order valence-electron chi connectivity index (χ1n) is 8.06. The molecule has 0 aromatic heterocycles. The van der Waals surface area contributed by atoms with Gasteiger partial charge in [-0.1, -0.05) is 18.2 Å². The molecule has 0 spiro atoms. The van der Waals surface area contributed by atoms with Crippen LogP contribution >= 0.6 is 0 Å². The summed E-state index contributed by atoms with van der Waals surface area (Å²) in [5.41, 5.74) is 2.63. The summed E-state index contributed by atoms with van der Waals surface area (Å²) in [6, 6.07) is 5.66. The van der Waals surface area contributed by atoms with E-state index in [1.807, 2.05) is 32.0 Å². The van der Waals surface area contributed by atoms with Gasteiger partial charge in [-0.15, -0.1) is 0 Å². The van der Waals surface area contributed by atoms with E-state index in [-0.39, 0.29) is 0 Å². The van der Waals surface area contributed by atoms with Gasteiger partial charge in [0, 0.05) is 18.8 Å². The lowest BCUT2D eigenvalue weighted by Crippen LogP contribution is -2.39. The first kappa shape index (κ1) is 15.1. The molecule has 0 radical (unpaired) electrons. The number of allylic oxidation sites excluding steroid dienone is 3. The zero-order valence-electron chi connectivity index (χ0n) is 14.6. The highest BCUT2D eigenvalue weighted by atomic mass is 19.4. The van der Waals surface area contributed by atoms with Crippen molar-refractivity contribution in [3.05, 3.63) is 64.5 Å². The minimum Gasteiger partial charge on any atom is -0.359 e. The minimum absolute atomic E-state index is 0.326. The van der Waals surface area contributed by atoms with Crippen molar-refractivity contribution in [2.75, 3.05) is 13.6 Å². The Bertz CT molecular complexity index is 814. The van der Waals surface area contributed by atoms with Gasteiger partial charge in [0.1, 0.15) is 0 Å². The van der Waals surface area contributed by atoms with Crippen LogP contribution in [0.15, 0.2) is 52.8 Å². The predicted octanol–water partition coefficient (Wildman–Crippen LogP) is 3.92. The van der Waals surface area contributed by atoms with Crippen molar-refractivity contribution < 1.29 is 14.5 Å². The maximum Gasteiger partial charge on any atom is 0.416 e. The van der Waals surface area contributed by atoms with Crippen LogP contribution < -0.4 is 5.32 Å². The van der Waals surface area contributed by atoms with Gasteiger partial charge in [-0.25, -0.2) is 4.99 Å². The van der Waals surface area contributed by atoms with Crippen molar-refractivity contribution in [2.45, 2.75) is 20.0 Å². The van der Waals surface area contributed by atoms with E-state index in [0.717, 1.165) is 28.8 Å². The summed E-state index contributed by atoms with van der Waals surface area (Å²) in [5.74, 6) is 0.346. The van der Waals surface area contributed by atoms with Crippen molar-refractivity contribution >= 4 is 11.5 Å². The lowest BCUT2D eigenvalue weighted by molar-refractivity contribution is -0.0885. The van der Waals surface area contributed by atoms with E-state index in [2.05, 4.69) is 10.3 Å². The van der Waals surface area contributed by atoms with Gasteiger partial charge in [-0.2, -0.15) is 13.2 Å². The molecule has 1 unspecified atom stereocenters. The summed E-state index contributed by atoms with van der Waals surface area (Å²) in [7, 11) is 1.63. The number of nitrogens with one attached hydrogen (secondary N) is 1. The molecule has 3 rings (SSSR count). The summed E-state index contributed by atoms with van der Waals surface area (Å²) in [6.45, 7) is 2.76. The number of fused-ring (bicyclic) bond motifs is 1. The summed E-state index contributed by atoms with van der Waals surface area (Å²) in [4.78, 5) is 5.85. The molecule has 2 heterocycles. The Labute approximate surface area is 140 Å². The van der Waals surface area contributed by atoms with Gasteiger partial charge < -0.3 is 5.32 Å². The summed E-state index contributed by atoms with van der Waals surface area (Å²) >= 11 is 0. The SMILES string of the molecule is [2H]C1N=C(NC)N2C=CC(C(F)(F)F)=CC2=C1c1c(C)cccc1C. The Balaban J connectivity index is 2.28. The first-order chi connectivity index (χ1) is 11.7. The molecule has 24 heavy (non-hydrogen) atoms. The third-order valence-electron chi connectivity index (χ3n) is 4.08. The summed E-state index contributed by atoms with van der Waals surface area (Å²) < 4.78 is 48.0. The van der Waals surface area contributed by atoms with E-state index in [4.69, 9.17) is 1.37 Å². The number of rotatable bonds is 1. The van der Waals surface area contributed by atoms with Crippen molar-refractivity contribution in [1.29, 1.82) is 0 Å². The fraction of sp³-hybridized carbons (Fsp3) is 0.278. The van der Waals surface area contributed by atoms with Crippen molar-refractivity contribution in [2.24, 2.45) is 4.99 Å². The Morgan fingerprint density at radius 2 is 1.92 bits per heavy atom. The molecular weight excluding hydrogens is 315 g/mol. The number of hydrogen-bond donors (Lipinski definition) is 1.